The average Bonchev–Trinajstić information content (AvgIpc) is 2.37. The summed E-state index contributed by atoms with van der Waals surface area (Å²) in [6.07, 6.45) is 8.31. The van der Waals surface area contributed by atoms with Gasteiger partial charge in [-0.1, -0.05) is 0 Å². The highest BCUT2D eigenvalue weighted by Crippen LogP contribution is 2.07. The van der Waals surface area contributed by atoms with Crippen LogP contribution in [0.4, 0.5) is 0 Å². The van der Waals surface area contributed by atoms with Crippen molar-refractivity contribution in [2.45, 2.75) is 25.3 Å². The van der Waals surface area contributed by atoms with E-state index in [0.717, 1.165) is 38.9 Å². The Balaban J connectivity index is 2.05. The van der Waals surface area contributed by atoms with Crippen LogP contribution >= 0.6 is 0 Å². The van der Waals surface area contributed by atoms with E-state index >= 15 is 0 Å². The highest BCUT2D eigenvalue weighted by molar-refractivity contribution is 4.84. The van der Waals surface area contributed by atoms with Crippen molar-refractivity contribution >= 4 is 0 Å². The topological polar surface area (TPSA) is 29.3 Å². The molecule has 0 radical (unpaired) electrons. The minimum atomic E-state index is 0.404. The van der Waals surface area contributed by atoms with Gasteiger partial charge in [-0.3, -0.25) is 0 Å². The largest absolute Gasteiger partial charge is 0.326 e. The summed E-state index contributed by atoms with van der Waals surface area (Å²) in [7, 11) is 0. The lowest BCUT2D eigenvalue weighted by Crippen LogP contribution is -2.27. The molecule has 2 N–H and O–H groups in total. The first kappa shape index (κ1) is 8.58. The van der Waals surface area contributed by atoms with Crippen LogP contribution in [-0.2, 0) is 0 Å². The van der Waals surface area contributed by atoms with E-state index in [1.54, 1.807) is 0 Å². The molecule has 1 fully saturated rings. The molecule has 0 aromatic heterocycles. The number of unbranched alkanes of at least 4 members (excludes halogenated alkanes) is 1. The predicted octanol–water partition coefficient (Wildman–Crippen LogP) is 0.433. The number of rotatable bonds is 3. The number of hydrogen-bond donors (Lipinski definition) is 1. The van der Waals surface area contributed by atoms with E-state index in [2.05, 4.69) is 10.8 Å². The van der Waals surface area contributed by atoms with Gasteiger partial charge in [-0.25, -0.2) is 0 Å². The number of hydrogen-bond acceptors (Lipinski definition) is 2. The van der Waals surface area contributed by atoms with Crippen molar-refractivity contribution in [1.29, 1.82) is 0 Å². The minimum absolute atomic E-state index is 0.404. The van der Waals surface area contributed by atoms with Crippen LogP contribution < -0.4 is 5.73 Å². The second-order valence-electron chi connectivity index (χ2n) is 3.16. The maximum absolute atomic E-state index is 5.75. The summed E-state index contributed by atoms with van der Waals surface area (Å²) in [4.78, 5) is 2.39. The van der Waals surface area contributed by atoms with Crippen molar-refractivity contribution in [2.24, 2.45) is 5.73 Å². The lowest BCUT2D eigenvalue weighted by atomic mass is 10.3. The summed E-state index contributed by atoms with van der Waals surface area (Å²) in [5.74, 6) is 2.64. The van der Waals surface area contributed by atoms with Crippen LogP contribution in [0.3, 0.4) is 0 Å². The minimum Gasteiger partial charge on any atom is -0.326 e. The molecular formula is C9H16N2. The molecule has 1 unspecified atom stereocenters. The Labute approximate surface area is 68.8 Å². The van der Waals surface area contributed by atoms with Crippen LogP contribution in [0.2, 0.25) is 0 Å². The van der Waals surface area contributed by atoms with E-state index in [4.69, 9.17) is 12.2 Å². The van der Waals surface area contributed by atoms with Crippen LogP contribution in [0, 0.1) is 12.3 Å². The zero-order valence-electron chi connectivity index (χ0n) is 6.92. The van der Waals surface area contributed by atoms with Gasteiger partial charge in [-0.2, -0.15) is 0 Å². The van der Waals surface area contributed by atoms with Crippen molar-refractivity contribution in [3.05, 3.63) is 0 Å². The molecule has 1 heterocycles. The van der Waals surface area contributed by atoms with Crippen LogP contribution in [0.5, 0.6) is 0 Å². The van der Waals surface area contributed by atoms with E-state index in [-0.39, 0.29) is 0 Å². The van der Waals surface area contributed by atoms with E-state index in [9.17, 15) is 0 Å². The first-order valence-electron chi connectivity index (χ1n) is 4.24. The van der Waals surface area contributed by atoms with Crippen molar-refractivity contribution < 1.29 is 0 Å². The molecule has 0 amide bonds. The smallest absolute Gasteiger partial charge is 0.0180 e. The Morgan fingerprint density at radius 2 is 2.45 bits per heavy atom. The van der Waals surface area contributed by atoms with Crippen LogP contribution in [0.25, 0.3) is 0 Å². The maximum atomic E-state index is 5.75. The third-order valence-electron chi connectivity index (χ3n) is 2.10. The highest BCUT2D eigenvalue weighted by atomic mass is 15.2. The monoisotopic (exact) mass is 152 g/mol. The standard InChI is InChI=1S/C9H16N2/c1-2-3-4-6-11-7-5-9(10)8-11/h1,9H,3-8,10H2. The summed E-state index contributed by atoms with van der Waals surface area (Å²) in [5.41, 5.74) is 5.75. The molecule has 2 nitrogen and oxygen atoms in total. The van der Waals surface area contributed by atoms with Gasteiger partial charge in [0.15, 0.2) is 0 Å². The number of nitrogens with zero attached hydrogens (tertiary/aromatic N) is 1. The van der Waals surface area contributed by atoms with E-state index in [0.29, 0.717) is 6.04 Å². The van der Waals surface area contributed by atoms with Crippen molar-refractivity contribution in [2.75, 3.05) is 19.6 Å². The number of terminal acetylenes is 1. The SMILES string of the molecule is C#CCCCN1CCC(N)C1. The Morgan fingerprint density at radius 3 is 3.00 bits per heavy atom. The van der Waals surface area contributed by atoms with E-state index in [1.807, 2.05) is 0 Å². The second-order valence-corrected chi connectivity index (χ2v) is 3.16. The Kier molecular flexibility index (Phi) is 3.41. The fourth-order valence-electron chi connectivity index (χ4n) is 1.47. The molecule has 62 valence electrons. The lowest BCUT2D eigenvalue weighted by molar-refractivity contribution is 0.331. The van der Waals surface area contributed by atoms with Crippen LogP contribution in [-0.4, -0.2) is 30.6 Å². The van der Waals surface area contributed by atoms with Crippen LogP contribution in [0.15, 0.2) is 0 Å². The van der Waals surface area contributed by atoms with E-state index < -0.39 is 0 Å². The summed E-state index contributed by atoms with van der Waals surface area (Å²) in [6, 6.07) is 0.404. The molecule has 0 aliphatic carbocycles. The van der Waals surface area contributed by atoms with Crippen molar-refractivity contribution in [3.8, 4) is 12.3 Å². The van der Waals surface area contributed by atoms with Gasteiger partial charge in [0.2, 0.25) is 0 Å². The molecule has 0 bridgehead atoms. The molecular weight excluding hydrogens is 136 g/mol. The van der Waals surface area contributed by atoms with Crippen LogP contribution in [0.1, 0.15) is 19.3 Å². The van der Waals surface area contributed by atoms with Gasteiger partial charge in [0.25, 0.3) is 0 Å². The number of nitrogens with two attached hydrogens (primary N) is 1. The molecule has 2 heteroatoms. The summed E-state index contributed by atoms with van der Waals surface area (Å²) < 4.78 is 0. The molecule has 1 aliphatic heterocycles. The number of likely N-dealkylation sites (tertiary alicyclic amines) is 1. The molecule has 1 aliphatic rings. The van der Waals surface area contributed by atoms with Crippen molar-refractivity contribution in [3.63, 3.8) is 0 Å². The fraction of sp³-hybridized carbons (Fsp3) is 0.778. The van der Waals surface area contributed by atoms with Gasteiger partial charge in [-0.05, 0) is 25.9 Å². The summed E-state index contributed by atoms with van der Waals surface area (Å²) >= 11 is 0. The summed E-state index contributed by atoms with van der Waals surface area (Å²) in [5, 5.41) is 0. The molecule has 0 saturated carbocycles. The average molecular weight is 152 g/mol. The molecule has 0 spiro atoms. The zero-order chi connectivity index (χ0) is 8.10. The van der Waals surface area contributed by atoms with Gasteiger partial charge in [0, 0.05) is 19.0 Å². The van der Waals surface area contributed by atoms with Gasteiger partial charge >= 0.3 is 0 Å². The molecule has 0 aromatic rings. The van der Waals surface area contributed by atoms with Gasteiger partial charge in [0.05, 0.1) is 0 Å². The Morgan fingerprint density at radius 1 is 1.64 bits per heavy atom. The molecule has 1 rings (SSSR count). The van der Waals surface area contributed by atoms with Gasteiger partial charge < -0.3 is 10.6 Å². The van der Waals surface area contributed by atoms with E-state index in [1.165, 1.54) is 0 Å². The predicted molar refractivity (Wildman–Crippen MR) is 47.1 cm³/mol. The second kappa shape index (κ2) is 4.38. The Bertz CT molecular complexity index is 148. The molecule has 11 heavy (non-hydrogen) atoms. The zero-order valence-corrected chi connectivity index (χ0v) is 6.92. The highest BCUT2D eigenvalue weighted by Gasteiger charge is 2.17. The third kappa shape index (κ3) is 2.92. The quantitative estimate of drug-likeness (QED) is 0.469. The van der Waals surface area contributed by atoms with Crippen molar-refractivity contribution in [1.82, 2.24) is 4.90 Å². The maximum Gasteiger partial charge on any atom is 0.0180 e. The van der Waals surface area contributed by atoms with Gasteiger partial charge in [0.1, 0.15) is 0 Å². The molecule has 1 atom stereocenters. The first-order valence-corrected chi connectivity index (χ1v) is 4.24. The summed E-state index contributed by atoms with van der Waals surface area (Å²) in [6.45, 7) is 3.34. The molecule has 0 aromatic carbocycles. The lowest BCUT2D eigenvalue weighted by Gasteiger charge is -2.13. The van der Waals surface area contributed by atoms with Gasteiger partial charge in [-0.15, -0.1) is 12.3 Å². The fourth-order valence-corrected chi connectivity index (χ4v) is 1.47. The normalized spacial score (nSPS) is 25.3. The third-order valence-corrected chi connectivity index (χ3v) is 2.10. The first-order chi connectivity index (χ1) is 5.33. The Hall–Kier alpha value is -0.520. The molecule has 1 saturated heterocycles.